The molecule has 0 amide bonds. The fraction of sp³-hybridized carbons (Fsp3) is 0.267. The third kappa shape index (κ3) is 4.03. The highest BCUT2D eigenvalue weighted by atomic mass is 35.5. The lowest BCUT2D eigenvalue weighted by Crippen LogP contribution is -2.43. The average Bonchev–Trinajstić information content (AvgIpc) is 3.17. The van der Waals surface area contributed by atoms with Crippen molar-refractivity contribution in [2.45, 2.75) is 31.0 Å². The van der Waals surface area contributed by atoms with Crippen molar-refractivity contribution < 1.29 is 4.74 Å². The molecule has 1 spiro atoms. The molecule has 1 unspecified atom stereocenters. The summed E-state index contributed by atoms with van der Waals surface area (Å²) in [5.41, 5.74) is 4.78. The molecule has 4 aromatic carbocycles. The highest BCUT2D eigenvalue weighted by Gasteiger charge is 2.46. The van der Waals surface area contributed by atoms with Crippen molar-refractivity contribution in [3.63, 3.8) is 0 Å². The van der Waals surface area contributed by atoms with Crippen molar-refractivity contribution in [2.24, 2.45) is 0 Å². The topological polar surface area (TPSA) is 12.5 Å². The fourth-order valence-corrected chi connectivity index (χ4v) is 6.32. The number of piperidine rings is 1. The molecule has 0 bridgehead atoms. The Balaban J connectivity index is 1.19. The number of hydrogen-bond donors (Lipinski definition) is 0. The Morgan fingerprint density at radius 2 is 1.53 bits per heavy atom. The lowest BCUT2D eigenvalue weighted by molar-refractivity contribution is -0.0966. The molecular weight excluding hydrogens is 461 g/mol. The molecule has 0 saturated carbocycles. The molecule has 1 saturated heterocycles. The fourth-order valence-electron chi connectivity index (χ4n) is 5.78. The Morgan fingerprint density at radius 1 is 0.824 bits per heavy atom. The predicted molar refractivity (Wildman–Crippen MR) is 141 cm³/mol. The first-order valence-electron chi connectivity index (χ1n) is 12.0. The summed E-state index contributed by atoms with van der Waals surface area (Å²) in [6.07, 6.45) is 2.92. The van der Waals surface area contributed by atoms with Gasteiger partial charge in [0.2, 0.25) is 0 Å². The molecule has 4 heteroatoms. The van der Waals surface area contributed by atoms with Crippen molar-refractivity contribution in [1.82, 2.24) is 4.90 Å². The van der Waals surface area contributed by atoms with Gasteiger partial charge in [-0.2, -0.15) is 0 Å². The van der Waals surface area contributed by atoms with E-state index in [1.807, 2.05) is 12.1 Å². The minimum Gasteiger partial charge on any atom is -0.358 e. The molecule has 1 atom stereocenters. The maximum Gasteiger partial charge on any atom is 0.109 e. The first-order chi connectivity index (χ1) is 16.6. The van der Waals surface area contributed by atoms with E-state index in [-0.39, 0.29) is 11.7 Å². The largest absolute Gasteiger partial charge is 0.358 e. The summed E-state index contributed by atoms with van der Waals surface area (Å²) in [4.78, 5) is 2.59. The third-order valence-corrected chi connectivity index (χ3v) is 7.94. The first kappa shape index (κ1) is 22.1. The Hall–Kier alpha value is -2.36. The molecule has 34 heavy (non-hydrogen) atoms. The van der Waals surface area contributed by atoms with Crippen LogP contribution in [-0.4, -0.2) is 24.5 Å². The molecular formula is C30H27Cl2NO. The van der Waals surface area contributed by atoms with Crippen LogP contribution in [0.15, 0.2) is 84.9 Å². The second-order valence-electron chi connectivity index (χ2n) is 9.51. The van der Waals surface area contributed by atoms with Crippen LogP contribution in [0.5, 0.6) is 0 Å². The van der Waals surface area contributed by atoms with E-state index in [1.54, 1.807) is 6.07 Å². The number of hydrogen-bond acceptors (Lipinski definition) is 2. The van der Waals surface area contributed by atoms with Gasteiger partial charge in [0.15, 0.2) is 0 Å². The van der Waals surface area contributed by atoms with E-state index in [0.29, 0.717) is 10.0 Å². The van der Waals surface area contributed by atoms with Crippen molar-refractivity contribution in [2.75, 3.05) is 19.6 Å². The van der Waals surface area contributed by atoms with Gasteiger partial charge in [-0.1, -0.05) is 89.9 Å². The second-order valence-corrected chi connectivity index (χ2v) is 10.4. The zero-order chi connectivity index (χ0) is 23.1. The number of nitrogens with zero attached hydrogens (tertiary/aromatic N) is 1. The van der Waals surface area contributed by atoms with Crippen LogP contribution in [0.4, 0.5) is 0 Å². The van der Waals surface area contributed by atoms with Crippen molar-refractivity contribution in [1.29, 1.82) is 0 Å². The summed E-state index contributed by atoms with van der Waals surface area (Å²) in [7, 11) is 0. The molecule has 172 valence electrons. The highest BCUT2D eigenvalue weighted by Crippen LogP contribution is 2.51. The summed E-state index contributed by atoms with van der Waals surface area (Å²) in [6.45, 7) is 3.13. The van der Waals surface area contributed by atoms with E-state index in [1.165, 1.54) is 27.5 Å². The maximum atomic E-state index is 6.88. The van der Waals surface area contributed by atoms with Gasteiger partial charge in [-0.25, -0.2) is 0 Å². The van der Waals surface area contributed by atoms with Gasteiger partial charge in [-0.05, 0) is 70.5 Å². The molecule has 0 aromatic heterocycles. The van der Waals surface area contributed by atoms with E-state index in [0.717, 1.165) is 44.5 Å². The van der Waals surface area contributed by atoms with E-state index in [2.05, 4.69) is 71.6 Å². The average molecular weight is 488 g/mol. The van der Waals surface area contributed by atoms with E-state index < -0.39 is 0 Å². The van der Waals surface area contributed by atoms with Crippen molar-refractivity contribution in [3.05, 3.63) is 117 Å². The minimum absolute atomic E-state index is 0.130. The van der Waals surface area contributed by atoms with E-state index >= 15 is 0 Å². The Kier molecular flexibility index (Phi) is 5.87. The number of halogens is 2. The lowest BCUT2D eigenvalue weighted by Gasteiger charge is -2.40. The molecule has 0 N–H and O–H groups in total. The molecule has 2 aliphatic rings. The summed E-state index contributed by atoms with van der Waals surface area (Å²) in [5.74, 6) is 0. The standard InChI is InChI=1S/C30H27Cl2NO/c31-24-18-23(19-25(32)20-24)29-27-10-3-4-11-28(27)30(34-29)13-16-33(17-14-30)15-12-22-8-5-7-21-6-1-2-9-26(21)22/h1-11,18-20,29H,12-17H2. The quantitative estimate of drug-likeness (QED) is 0.291. The number of benzene rings is 4. The molecule has 0 aliphatic carbocycles. The summed E-state index contributed by atoms with van der Waals surface area (Å²) >= 11 is 12.7. The second kappa shape index (κ2) is 9.02. The van der Waals surface area contributed by atoms with Crippen LogP contribution >= 0.6 is 23.2 Å². The molecule has 2 aliphatic heterocycles. The zero-order valence-electron chi connectivity index (χ0n) is 19.0. The SMILES string of the molecule is Clc1cc(Cl)cc(C2OC3(CCN(CCc4cccc5ccccc45)CC3)c3ccccc32)c1. The Bertz CT molecular complexity index is 1320. The predicted octanol–water partition coefficient (Wildman–Crippen LogP) is 7.80. The highest BCUT2D eigenvalue weighted by molar-refractivity contribution is 6.34. The van der Waals surface area contributed by atoms with Gasteiger partial charge >= 0.3 is 0 Å². The third-order valence-electron chi connectivity index (χ3n) is 7.51. The van der Waals surface area contributed by atoms with Gasteiger partial charge in [0.1, 0.15) is 6.10 Å². The van der Waals surface area contributed by atoms with Gasteiger partial charge in [0, 0.05) is 29.7 Å². The van der Waals surface area contributed by atoms with Crippen molar-refractivity contribution >= 4 is 34.0 Å². The van der Waals surface area contributed by atoms with Gasteiger partial charge < -0.3 is 9.64 Å². The van der Waals surface area contributed by atoms with Crippen LogP contribution in [0.1, 0.15) is 41.2 Å². The summed E-state index contributed by atoms with van der Waals surface area (Å²) < 4.78 is 6.88. The summed E-state index contributed by atoms with van der Waals surface area (Å²) in [5, 5.41) is 3.98. The van der Waals surface area contributed by atoms with Crippen LogP contribution in [0.2, 0.25) is 10.0 Å². The van der Waals surface area contributed by atoms with Gasteiger partial charge in [-0.3, -0.25) is 0 Å². The number of likely N-dealkylation sites (tertiary alicyclic amines) is 1. The van der Waals surface area contributed by atoms with E-state index in [4.69, 9.17) is 27.9 Å². The summed E-state index contributed by atoms with van der Waals surface area (Å²) in [6, 6.07) is 29.7. The van der Waals surface area contributed by atoms with Crippen LogP contribution in [0, 0.1) is 0 Å². The van der Waals surface area contributed by atoms with Crippen LogP contribution in [0.3, 0.4) is 0 Å². The Labute approximate surface area is 211 Å². The number of ether oxygens (including phenoxy) is 1. The minimum atomic E-state index is -0.244. The van der Waals surface area contributed by atoms with Crippen LogP contribution < -0.4 is 0 Å². The molecule has 0 radical (unpaired) electrons. The molecule has 2 heterocycles. The van der Waals surface area contributed by atoms with Gasteiger partial charge in [-0.15, -0.1) is 0 Å². The van der Waals surface area contributed by atoms with Gasteiger partial charge in [0.05, 0.1) is 5.60 Å². The van der Waals surface area contributed by atoms with Gasteiger partial charge in [0.25, 0.3) is 0 Å². The Morgan fingerprint density at radius 3 is 2.35 bits per heavy atom. The molecule has 4 aromatic rings. The maximum absolute atomic E-state index is 6.88. The smallest absolute Gasteiger partial charge is 0.109 e. The molecule has 2 nitrogen and oxygen atoms in total. The van der Waals surface area contributed by atoms with E-state index in [9.17, 15) is 0 Å². The molecule has 1 fully saturated rings. The lowest BCUT2D eigenvalue weighted by atomic mass is 9.83. The molecule has 6 rings (SSSR count). The zero-order valence-corrected chi connectivity index (χ0v) is 20.5. The normalized spacial score (nSPS) is 19.5. The number of rotatable bonds is 4. The monoisotopic (exact) mass is 487 g/mol. The number of fused-ring (bicyclic) bond motifs is 3. The van der Waals surface area contributed by atoms with Crippen molar-refractivity contribution in [3.8, 4) is 0 Å². The first-order valence-corrected chi connectivity index (χ1v) is 12.8. The van der Waals surface area contributed by atoms with Crippen LogP contribution in [-0.2, 0) is 16.8 Å². The van der Waals surface area contributed by atoms with Crippen LogP contribution in [0.25, 0.3) is 10.8 Å².